The first-order valence-electron chi connectivity index (χ1n) is 11.1. The minimum absolute atomic E-state index is 0.122. The van der Waals surface area contributed by atoms with Crippen molar-refractivity contribution >= 4 is 11.6 Å². The van der Waals surface area contributed by atoms with Crippen LogP contribution < -0.4 is 10.1 Å². The molecular weight excluding hydrogens is 442 g/mol. The summed E-state index contributed by atoms with van der Waals surface area (Å²) in [6, 6.07) is 22.7. The van der Waals surface area contributed by atoms with E-state index >= 15 is 0 Å². The monoisotopic (exact) mass is 465 g/mol. The minimum atomic E-state index is -0.122. The van der Waals surface area contributed by atoms with Gasteiger partial charge in [-0.2, -0.15) is 4.98 Å². The lowest BCUT2D eigenvalue weighted by atomic mass is 10.1. The summed E-state index contributed by atoms with van der Waals surface area (Å²) in [7, 11) is 1.62. The van der Waals surface area contributed by atoms with Crippen molar-refractivity contribution in [2.45, 2.75) is 13.5 Å². The molecule has 8 heteroatoms. The van der Waals surface area contributed by atoms with E-state index in [0.29, 0.717) is 29.5 Å². The van der Waals surface area contributed by atoms with Crippen LogP contribution in [-0.2, 0) is 6.54 Å². The molecule has 8 nitrogen and oxygen atoms in total. The van der Waals surface area contributed by atoms with Gasteiger partial charge in [0.1, 0.15) is 11.4 Å². The lowest BCUT2D eigenvalue weighted by Gasteiger charge is -2.09. The Kier molecular flexibility index (Phi) is 6.09. The molecule has 0 spiro atoms. The van der Waals surface area contributed by atoms with Gasteiger partial charge in [-0.25, -0.2) is 4.98 Å². The number of nitrogens with one attached hydrogen (secondary N) is 1. The number of aryl methyl sites for hydroxylation is 1. The summed E-state index contributed by atoms with van der Waals surface area (Å²) in [6.45, 7) is 2.53. The quantitative estimate of drug-likeness (QED) is 0.354. The standard InChI is InChI=1S/C27H23N5O3/c1-18-5-3-4-6-23(18)26(33)29-21-11-7-19(8-12-21)15-32-16-24(28-17-32)27-30-25(31-35-27)20-9-13-22(34-2)14-10-20/h3-14,16-17H,15H2,1-2H3,(H,29,33). The molecule has 0 atom stereocenters. The second-order valence-electron chi connectivity index (χ2n) is 8.05. The molecule has 0 saturated carbocycles. The molecule has 0 unspecified atom stereocenters. The molecule has 5 rings (SSSR count). The lowest BCUT2D eigenvalue weighted by molar-refractivity contribution is 0.102. The van der Waals surface area contributed by atoms with Crippen LogP contribution >= 0.6 is 0 Å². The molecule has 5 aromatic rings. The Labute approximate surface area is 202 Å². The van der Waals surface area contributed by atoms with E-state index in [-0.39, 0.29) is 5.91 Å². The summed E-state index contributed by atoms with van der Waals surface area (Å²) in [6.07, 6.45) is 3.58. The average Bonchev–Trinajstić information content (AvgIpc) is 3.55. The highest BCUT2D eigenvalue weighted by Gasteiger charge is 2.14. The third-order valence-corrected chi connectivity index (χ3v) is 5.59. The van der Waals surface area contributed by atoms with Gasteiger partial charge in [0.25, 0.3) is 11.8 Å². The number of rotatable bonds is 7. The van der Waals surface area contributed by atoms with Gasteiger partial charge in [-0.3, -0.25) is 4.79 Å². The zero-order chi connectivity index (χ0) is 24.2. The first kappa shape index (κ1) is 22.1. The summed E-state index contributed by atoms with van der Waals surface area (Å²) < 4.78 is 12.5. The Morgan fingerprint density at radius 2 is 1.80 bits per heavy atom. The summed E-state index contributed by atoms with van der Waals surface area (Å²) in [4.78, 5) is 21.4. The van der Waals surface area contributed by atoms with Crippen LogP contribution in [0.15, 0.2) is 89.8 Å². The van der Waals surface area contributed by atoms with Gasteiger partial charge in [0.15, 0.2) is 0 Å². The van der Waals surface area contributed by atoms with E-state index in [0.717, 1.165) is 28.1 Å². The lowest BCUT2D eigenvalue weighted by Crippen LogP contribution is -2.13. The van der Waals surface area contributed by atoms with Gasteiger partial charge in [0.2, 0.25) is 5.82 Å². The zero-order valence-corrected chi connectivity index (χ0v) is 19.3. The van der Waals surface area contributed by atoms with Crippen molar-refractivity contribution in [1.82, 2.24) is 19.7 Å². The second-order valence-corrected chi connectivity index (χ2v) is 8.05. The Balaban J connectivity index is 1.23. The molecule has 3 aromatic carbocycles. The van der Waals surface area contributed by atoms with Gasteiger partial charge in [-0.1, -0.05) is 35.5 Å². The Bertz CT molecular complexity index is 1450. The first-order valence-corrected chi connectivity index (χ1v) is 11.1. The molecule has 0 radical (unpaired) electrons. The number of nitrogens with zero attached hydrogens (tertiary/aromatic N) is 4. The SMILES string of the molecule is COc1ccc(-c2noc(-c3cn(Cc4ccc(NC(=O)c5ccccc5C)cc4)cn3)n2)cc1. The number of imidazole rings is 1. The number of aromatic nitrogens is 4. The molecule has 0 saturated heterocycles. The van der Waals surface area contributed by atoms with E-state index in [2.05, 4.69) is 20.4 Å². The fourth-order valence-corrected chi connectivity index (χ4v) is 3.67. The maximum atomic E-state index is 12.5. The van der Waals surface area contributed by atoms with Crippen molar-refractivity contribution in [3.05, 3.63) is 102 Å². The summed E-state index contributed by atoms with van der Waals surface area (Å²) in [5.41, 5.74) is 4.83. The molecule has 0 bridgehead atoms. The summed E-state index contributed by atoms with van der Waals surface area (Å²) in [5.74, 6) is 1.48. The fraction of sp³-hybridized carbons (Fsp3) is 0.111. The first-order chi connectivity index (χ1) is 17.1. The maximum Gasteiger partial charge on any atom is 0.278 e. The normalized spacial score (nSPS) is 10.8. The van der Waals surface area contributed by atoms with Crippen molar-refractivity contribution in [1.29, 1.82) is 0 Å². The number of ether oxygens (including phenoxy) is 1. The third-order valence-electron chi connectivity index (χ3n) is 5.59. The van der Waals surface area contributed by atoms with Crippen LogP contribution in [-0.4, -0.2) is 32.7 Å². The highest BCUT2D eigenvalue weighted by Crippen LogP contribution is 2.23. The average molecular weight is 466 g/mol. The topological polar surface area (TPSA) is 95.1 Å². The Morgan fingerprint density at radius 3 is 2.54 bits per heavy atom. The maximum absolute atomic E-state index is 12.5. The third kappa shape index (κ3) is 4.96. The molecule has 1 amide bonds. The molecular formula is C27H23N5O3. The van der Waals surface area contributed by atoms with Gasteiger partial charge in [-0.05, 0) is 60.5 Å². The van der Waals surface area contributed by atoms with Crippen molar-refractivity contribution in [3.8, 4) is 28.7 Å². The van der Waals surface area contributed by atoms with Crippen LogP contribution in [0.1, 0.15) is 21.5 Å². The molecule has 2 aromatic heterocycles. The smallest absolute Gasteiger partial charge is 0.278 e. The number of amides is 1. The van der Waals surface area contributed by atoms with Crippen molar-refractivity contribution in [2.24, 2.45) is 0 Å². The number of hydrogen-bond acceptors (Lipinski definition) is 6. The van der Waals surface area contributed by atoms with Gasteiger partial charge in [0.05, 0.1) is 13.4 Å². The Hall–Kier alpha value is -4.72. The number of carbonyl (C=O) groups is 1. The largest absolute Gasteiger partial charge is 0.497 e. The van der Waals surface area contributed by atoms with Crippen LogP contribution in [0.5, 0.6) is 5.75 Å². The van der Waals surface area contributed by atoms with E-state index in [9.17, 15) is 4.79 Å². The molecule has 1 N–H and O–H groups in total. The van der Waals surface area contributed by atoms with Crippen LogP contribution in [0.4, 0.5) is 5.69 Å². The molecule has 0 aliphatic rings. The van der Waals surface area contributed by atoms with E-state index in [4.69, 9.17) is 9.26 Å². The van der Waals surface area contributed by atoms with Gasteiger partial charge in [-0.15, -0.1) is 0 Å². The highest BCUT2D eigenvalue weighted by atomic mass is 16.5. The molecule has 35 heavy (non-hydrogen) atoms. The molecule has 0 aliphatic heterocycles. The number of methoxy groups -OCH3 is 1. The minimum Gasteiger partial charge on any atom is -0.497 e. The predicted octanol–water partition coefficient (Wildman–Crippen LogP) is 5.22. The van der Waals surface area contributed by atoms with Gasteiger partial charge in [0, 0.05) is 29.6 Å². The van der Waals surface area contributed by atoms with Gasteiger partial charge < -0.3 is 19.1 Å². The van der Waals surface area contributed by atoms with Crippen molar-refractivity contribution in [2.75, 3.05) is 12.4 Å². The summed E-state index contributed by atoms with van der Waals surface area (Å²) in [5, 5.41) is 7.01. The fourth-order valence-electron chi connectivity index (χ4n) is 3.67. The highest BCUT2D eigenvalue weighted by molar-refractivity contribution is 6.05. The van der Waals surface area contributed by atoms with E-state index in [1.54, 1.807) is 13.4 Å². The van der Waals surface area contributed by atoms with E-state index in [1.807, 2.05) is 90.5 Å². The Morgan fingerprint density at radius 1 is 1.03 bits per heavy atom. The van der Waals surface area contributed by atoms with Crippen LogP contribution in [0.2, 0.25) is 0 Å². The van der Waals surface area contributed by atoms with Crippen molar-refractivity contribution < 1.29 is 14.1 Å². The van der Waals surface area contributed by atoms with Crippen LogP contribution in [0.3, 0.4) is 0 Å². The van der Waals surface area contributed by atoms with Gasteiger partial charge >= 0.3 is 0 Å². The van der Waals surface area contributed by atoms with E-state index < -0.39 is 0 Å². The van der Waals surface area contributed by atoms with Crippen LogP contribution in [0, 0.1) is 6.92 Å². The molecule has 0 fully saturated rings. The molecule has 0 aliphatic carbocycles. The second kappa shape index (κ2) is 9.64. The number of hydrogen-bond donors (Lipinski definition) is 1. The number of carbonyl (C=O) groups excluding carboxylic acids is 1. The van der Waals surface area contributed by atoms with Crippen LogP contribution in [0.25, 0.3) is 23.0 Å². The van der Waals surface area contributed by atoms with E-state index in [1.165, 1.54) is 0 Å². The summed E-state index contributed by atoms with van der Waals surface area (Å²) >= 11 is 0. The molecule has 174 valence electrons. The zero-order valence-electron chi connectivity index (χ0n) is 19.3. The van der Waals surface area contributed by atoms with Crippen molar-refractivity contribution in [3.63, 3.8) is 0 Å². The number of anilines is 1. The number of benzene rings is 3. The molecule has 2 heterocycles. The predicted molar refractivity (Wildman–Crippen MR) is 132 cm³/mol.